The van der Waals surface area contributed by atoms with Crippen LogP contribution in [0.15, 0.2) is 36.5 Å². The van der Waals surface area contributed by atoms with Crippen molar-refractivity contribution in [1.29, 1.82) is 0 Å². The van der Waals surface area contributed by atoms with Gasteiger partial charge in [-0.3, -0.25) is 0 Å². The first kappa shape index (κ1) is 13.4. The molecule has 3 nitrogen and oxygen atoms in total. The molecule has 0 fully saturated rings. The third-order valence-corrected chi connectivity index (χ3v) is 2.73. The van der Waals surface area contributed by atoms with Crippen LogP contribution in [-0.2, 0) is 16.6 Å². The highest BCUT2D eigenvalue weighted by atomic mass is 16.6. The lowest BCUT2D eigenvalue weighted by Crippen LogP contribution is -2.22. The minimum atomic E-state index is -0.458. The van der Waals surface area contributed by atoms with Crippen molar-refractivity contribution >= 4 is 22.9 Å². The number of carbonyl (C=O) groups is 1. The molecule has 1 aromatic carbocycles. The summed E-state index contributed by atoms with van der Waals surface area (Å²) in [6.07, 6.45) is 5.29. The summed E-state index contributed by atoms with van der Waals surface area (Å²) in [7, 11) is 1.99. The van der Waals surface area contributed by atoms with Crippen molar-refractivity contribution in [3.63, 3.8) is 0 Å². The third kappa shape index (κ3) is 3.25. The van der Waals surface area contributed by atoms with Gasteiger partial charge in [0.15, 0.2) is 0 Å². The molecule has 0 aliphatic heterocycles. The number of hydrogen-bond donors (Lipinski definition) is 0. The smallest absolute Gasteiger partial charge is 0.331 e. The van der Waals surface area contributed by atoms with Crippen LogP contribution in [0.3, 0.4) is 0 Å². The van der Waals surface area contributed by atoms with E-state index in [0.717, 1.165) is 16.5 Å². The Balaban J connectivity index is 2.24. The second-order valence-electron chi connectivity index (χ2n) is 5.58. The SMILES string of the molecule is Cn1cc(/C=C/C(=O)OC(C)(C)C)c2ccccc21. The average Bonchev–Trinajstić information content (AvgIpc) is 2.62. The van der Waals surface area contributed by atoms with Crippen molar-refractivity contribution < 1.29 is 9.53 Å². The van der Waals surface area contributed by atoms with E-state index in [2.05, 4.69) is 6.07 Å². The van der Waals surface area contributed by atoms with Crippen molar-refractivity contribution in [3.05, 3.63) is 42.1 Å². The van der Waals surface area contributed by atoms with Crippen molar-refractivity contribution in [2.24, 2.45) is 7.05 Å². The van der Waals surface area contributed by atoms with Gasteiger partial charge in [0.25, 0.3) is 0 Å². The Kier molecular flexibility index (Phi) is 3.47. The van der Waals surface area contributed by atoms with Gasteiger partial charge < -0.3 is 9.30 Å². The Morgan fingerprint density at radius 3 is 2.63 bits per heavy atom. The highest BCUT2D eigenvalue weighted by Crippen LogP contribution is 2.21. The highest BCUT2D eigenvalue weighted by Gasteiger charge is 2.14. The van der Waals surface area contributed by atoms with E-state index < -0.39 is 5.60 Å². The molecule has 0 bridgehead atoms. The molecule has 0 aliphatic carbocycles. The normalized spacial score (nSPS) is 12.2. The van der Waals surface area contributed by atoms with Crippen molar-refractivity contribution in [3.8, 4) is 0 Å². The number of nitrogens with zero attached hydrogens (tertiary/aromatic N) is 1. The number of fused-ring (bicyclic) bond motifs is 1. The molecule has 0 unspecified atom stereocenters. The molecular formula is C16H19NO2. The summed E-state index contributed by atoms with van der Waals surface area (Å²) in [4.78, 5) is 11.7. The number of hydrogen-bond acceptors (Lipinski definition) is 2. The molecule has 19 heavy (non-hydrogen) atoms. The standard InChI is InChI=1S/C16H19NO2/c1-16(2,3)19-15(18)10-9-12-11-17(4)14-8-6-5-7-13(12)14/h5-11H,1-4H3/b10-9+. The van der Waals surface area contributed by atoms with Crippen LogP contribution >= 0.6 is 0 Å². The summed E-state index contributed by atoms with van der Waals surface area (Å²) in [6.45, 7) is 5.57. The van der Waals surface area contributed by atoms with Crippen LogP contribution in [0, 0.1) is 0 Å². The monoisotopic (exact) mass is 257 g/mol. The quantitative estimate of drug-likeness (QED) is 0.608. The summed E-state index contributed by atoms with van der Waals surface area (Å²) in [6, 6.07) is 8.10. The van der Waals surface area contributed by atoms with Crippen LogP contribution in [0.25, 0.3) is 17.0 Å². The number of benzene rings is 1. The maximum absolute atomic E-state index is 11.7. The van der Waals surface area contributed by atoms with Gasteiger partial charge in [0.2, 0.25) is 0 Å². The van der Waals surface area contributed by atoms with Crippen LogP contribution < -0.4 is 0 Å². The van der Waals surface area contributed by atoms with E-state index in [1.54, 1.807) is 6.08 Å². The van der Waals surface area contributed by atoms with E-state index >= 15 is 0 Å². The Hall–Kier alpha value is -2.03. The maximum Gasteiger partial charge on any atom is 0.331 e. The van der Waals surface area contributed by atoms with E-state index in [1.165, 1.54) is 6.08 Å². The second kappa shape index (κ2) is 4.92. The first-order chi connectivity index (χ1) is 8.87. The van der Waals surface area contributed by atoms with Gasteiger partial charge in [0.1, 0.15) is 5.60 Å². The number of rotatable bonds is 2. The van der Waals surface area contributed by atoms with Gasteiger partial charge in [-0.05, 0) is 32.9 Å². The van der Waals surface area contributed by atoms with Gasteiger partial charge in [0.05, 0.1) is 0 Å². The molecule has 3 heteroatoms. The molecule has 100 valence electrons. The van der Waals surface area contributed by atoms with E-state index in [4.69, 9.17) is 4.74 Å². The average molecular weight is 257 g/mol. The molecule has 0 atom stereocenters. The van der Waals surface area contributed by atoms with Crippen LogP contribution in [0.4, 0.5) is 0 Å². The molecule has 1 aromatic heterocycles. The predicted molar refractivity (Wildman–Crippen MR) is 77.8 cm³/mol. The van der Waals surface area contributed by atoms with Gasteiger partial charge in [-0.25, -0.2) is 4.79 Å². The minimum absolute atomic E-state index is 0.319. The van der Waals surface area contributed by atoms with E-state index in [0.29, 0.717) is 0 Å². The number of esters is 1. The molecule has 0 aliphatic rings. The molecule has 1 heterocycles. The van der Waals surface area contributed by atoms with Gasteiger partial charge in [0, 0.05) is 35.8 Å². The van der Waals surface area contributed by atoms with E-state index in [1.807, 2.05) is 56.8 Å². The lowest BCUT2D eigenvalue weighted by atomic mass is 10.1. The van der Waals surface area contributed by atoms with Crippen LogP contribution in [0.5, 0.6) is 0 Å². The predicted octanol–water partition coefficient (Wildman–Crippen LogP) is 3.53. The van der Waals surface area contributed by atoms with Gasteiger partial charge in [-0.2, -0.15) is 0 Å². The second-order valence-corrected chi connectivity index (χ2v) is 5.58. The van der Waals surface area contributed by atoms with Gasteiger partial charge >= 0.3 is 5.97 Å². The largest absolute Gasteiger partial charge is 0.457 e. The van der Waals surface area contributed by atoms with E-state index in [-0.39, 0.29) is 5.97 Å². The topological polar surface area (TPSA) is 31.2 Å². The summed E-state index contributed by atoms with van der Waals surface area (Å²) in [5, 5.41) is 1.13. The number of aryl methyl sites for hydroxylation is 1. The summed E-state index contributed by atoms with van der Waals surface area (Å²) >= 11 is 0. The first-order valence-electron chi connectivity index (χ1n) is 6.32. The minimum Gasteiger partial charge on any atom is -0.457 e. The van der Waals surface area contributed by atoms with Crippen molar-refractivity contribution in [2.75, 3.05) is 0 Å². The zero-order valence-electron chi connectivity index (χ0n) is 11.8. The van der Waals surface area contributed by atoms with Crippen molar-refractivity contribution in [1.82, 2.24) is 4.57 Å². The zero-order valence-corrected chi connectivity index (χ0v) is 11.8. The van der Waals surface area contributed by atoms with Crippen LogP contribution in [0.1, 0.15) is 26.3 Å². The number of ether oxygens (including phenoxy) is 1. The first-order valence-corrected chi connectivity index (χ1v) is 6.32. The summed E-state index contributed by atoms with van der Waals surface area (Å²) < 4.78 is 7.29. The molecule has 0 saturated heterocycles. The molecule has 0 N–H and O–H groups in total. The number of carbonyl (C=O) groups excluding carboxylic acids is 1. The molecule has 2 rings (SSSR count). The molecule has 2 aromatic rings. The fourth-order valence-electron chi connectivity index (χ4n) is 2.00. The van der Waals surface area contributed by atoms with E-state index in [9.17, 15) is 4.79 Å². The van der Waals surface area contributed by atoms with Crippen LogP contribution in [-0.4, -0.2) is 16.1 Å². The Labute approximate surface area is 113 Å². The number of aromatic nitrogens is 1. The Morgan fingerprint density at radius 1 is 1.26 bits per heavy atom. The summed E-state index contributed by atoms with van der Waals surface area (Å²) in [5.41, 5.74) is 1.70. The zero-order chi connectivity index (χ0) is 14.0. The third-order valence-electron chi connectivity index (χ3n) is 2.73. The molecule has 0 radical (unpaired) electrons. The van der Waals surface area contributed by atoms with Crippen LogP contribution in [0.2, 0.25) is 0 Å². The number of para-hydroxylation sites is 1. The molecule has 0 amide bonds. The van der Waals surface area contributed by atoms with Gasteiger partial charge in [-0.15, -0.1) is 0 Å². The Bertz CT molecular complexity index is 630. The maximum atomic E-state index is 11.7. The fourth-order valence-corrected chi connectivity index (χ4v) is 2.00. The van der Waals surface area contributed by atoms with Crippen molar-refractivity contribution in [2.45, 2.75) is 26.4 Å². The Morgan fingerprint density at radius 2 is 1.95 bits per heavy atom. The summed E-state index contributed by atoms with van der Waals surface area (Å²) in [5.74, 6) is -0.319. The lowest BCUT2D eigenvalue weighted by Gasteiger charge is -2.17. The highest BCUT2D eigenvalue weighted by molar-refractivity contribution is 5.94. The lowest BCUT2D eigenvalue weighted by molar-refractivity contribution is -0.148. The molecular weight excluding hydrogens is 238 g/mol. The fraction of sp³-hybridized carbons (Fsp3) is 0.312. The molecule has 0 spiro atoms. The van der Waals surface area contributed by atoms with Gasteiger partial charge in [-0.1, -0.05) is 18.2 Å². The molecule has 0 saturated carbocycles.